The molecule has 0 aliphatic carbocycles. The molecule has 4 rings (SSSR count). The Balaban J connectivity index is 1.40. The van der Waals surface area contributed by atoms with Crippen molar-refractivity contribution < 1.29 is 4.74 Å². The summed E-state index contributed by atoms with van der Waals surface area (Å²) < 4.78 is 8.04. The summed E-state index contributed by atoms with van der Waals surface area (Å²) in [5.41, 5.74) is 1.08. The Morgan fingerprint density at radius 3 is 3.12 bits per heavy atom. The predicted molar refractivity (Wildman–Crippen MR) is 95.8 cm³/mol. The zero-order chi connectivity index (χ0) is 16.5. The number of rotatable bonds is 5. The first-order valence-electron chi connectivity index (χ1n) is 8.18. The molecular weight excluding hydrogens is 322 g/mol. The van der Waals surface area contributed by atoms with Gasteiger partial charge >= 0.3 is 0 Å². The third-order valence-electron chi connectivity index (χ3n) is 4.46. The number of pyridine rings is 1. The molecule has 1 aliphatic heterocycles. The summed E-state index contributed by atoms with van der Waals surface area (Å²) >= 11 is 1.71. The minimum atomic E-state index is 0.213. The van der Waals surface area contributed by atoms with Gasteiger partial charge in [-0.15, -0.1) is 11.3 Å². The summed E-state index contributed by atoms with van der Waals surface area (Å²) in [6.45, 7) is 4.13. The minimum absolute atomic E-state index is 0.213. The molecule has 0 bridgehead atoms. The molecule has 0 spiro atoms. The molecule has 1 aliphatic rings. The van der Waals surface area contributed by atoms with E-state index in [9.17, 15) is 0 Å². The van der Waals surface area contributed by atoms with Crippen LogP contribution in [0.3, 0.4) is 0 Å². The number of aromatic nitrogens is 3. The van der Waals surface area contributed by atoms with Crippen molar-refractivity contribution in [3.63, 3.8) is 0 Å². The third-order valence-corrected chi connectivity index (χ3v) is 5.46. The second-order valence-electron chi connectivity index (χ2n) is 6.20. The van der Waals surface area contributed by atoms with Crippen LogP contribution in [-0.4, -0.2) is 45.2 Å². The molecule has 0 amide bonds. The largest absolute Gasteiger partial charge is 0.487 e. The zero-order valence-electron chi connectivity index (χ0n) is 13.8. The van der Waals surface area contributed by atoms with Crippen molar-refractivity contribution in [1.29, 1.82) is 0 Å². The molecule has 1 N–H and O–H groups in total. The predicted octanol–water partition coefficient (Wildman–Crippen LogP) is 2.87. The van der Waals surface area contributed by atoms with Crippen molar-refractivity contribution in [3.8, 4) is 5.75 Å². The van der Waals surface area contributed by atoms with Crippen molar-refractivity contribution in [1.82, 2.24) is 19.5 Å². The van der Waals surface area contributed by atoms with Gasteiger partial charge in [0.15, 0.2) is 5.13 Å². The fraction of sp³-hybridized carbons (Fsp3) is 0.412. The summed E-state index contributed by atoms with van der Waals surface area (Å²) in [6, 6.07) is 6.54. The first-order chi connectivity index (χ1) is 11.7. The number of nitrogens with one attached hydrogen (secondary N) is 1. The van der Waals surface area contributed by atoms with Gasteiger partial charge in [0.1, 0.15) is 11.9 Å². The van der Waals surface area contributed by atoms with Gasteiger partial charge in [-0.3, -0.25) is 4.90 Å². The van der Waals surface area contributed by atoms with Gasteiger partial charge in [-0.1, -0.05) is 0 Å². The Kier molecular flexibility index (Phi) is 4.12. The fourth-order valence-corrected chi connectivity index (χ4v) is 4.00. The highest BCUT2D eigenvalue weighted by molar-refractivity contribution is 7.15. The molecule has 3 aromatic heterocycles. The number of ether oxygens (including phenoxy) is 1. The third kappa shape index (κ3) is 3.09. The van der Waals surface area contributed by atoms with Crippen molar-refractivity contribution >= 4 is 22.0 Å². The topological polar surface area (TPSA) is 54.7 Å². The van der Waals surface area contributed by atoms with Gasteiger partial charge in [0.05, 0.1) is 11.7 Å². The van der Waals surface area contributed by atoms with Crippen LogP contribution in [0.2, 0.25) is 0 Å². The summed E-state index contributed by atoms with van der Waals surface area (Å²) in [6.07, 6.45) is 6.96. The molecule has 1 saturated heterocycles. The van der Waals surface area contributed by atoms with Crippen LogP contribution in [-0.2, 0) is 6.54 Å². The number of hydrogen-bond acceptors (Lipinski definition) is 6. The van der Waals surface area contributed by atoms with Crippen molar-refractivity contribution in [2.24, 2.45) is 0 Å². The number of nitrogens with zero attached hydrogens (tertiary/aromatic N) is 4. The monoisotopic (exact) mass is 343 g/mol. The Bertz CT molecular complexity index is 829. The SMILES string of the molecule is CNc1ncc(CN2CC(Oc3ccc4ccnn4c3)CC2C)s1. The molecule has 1 fully saturated rings. The van der Waals surface area contributed by atoms with E-state index in [1.54, 1.807) is 17.5 Å². The minimum Gasteiger partial charge on any atom is -0.487 e. The van der Waals surface area contributed by atoms with Gasteiger partial charge in [0.2, 0.25) is 0 Å². The molecule has 0 saturated carbocycles. The first kappa shape index (κ1) is 15.4. The molecule has 4 heterocycles. The molecular formula is C17H21N5OS. The Labute approximate surface area is 145 Å². The lowest BCUT2D eigenvalue weighted by molar-refractivity contribution is 0.194. The smallest absolute Gasteiger partial charge is 0.182 e. The van der Waals surface area contributed by atoms with E-state index >= 15 is 0 Å². The highest BCUT2D eigenvalue weighted by Crippen LogP contribution is 2.27. The van der Waals surface area contributed by atoms with E-state index in [-0.39, 0.29) is 6.10 Å². The van der Waals surface area contributed by atoms with Gasteiger partial charge in [-0.25, -0.2) is 9.50 Å². The Morgan fingerprint density at radius 1 is 1.38 bits per heavy atom. The molecule has 126 valence electrons. The maximum atomic E-state index is 6.19. The highest BCUT2D eigenvalue weighted by Gasteiger charge is 2.30. The summed E-state index contributed by atoms with van der Waals surface area (Å²) in [5, 5.41) is 8.33. The van der Waals surface area contributed by atoms with Crippen LogP contribution < -0.4 is 10.1 Å². The molecule has 24 heavy (non-hydrogen) atoms. The number of fused-ring (bicyclic) bond motifs is 1. The van der Waals surface area contributed by atoms with Crippen LogP contribution in [0.1, 0.15) is 18.2 Å². The normalized spacial score (nSPS) is 21.4. The molecule has 0 aromatic carbocycles. The van der Waals surface area contributed by atoms with E-state index in [4.69, 9.17) is 4.74 Å². The Hall–Kier alpha value is -2.12. The molecule has 3 aromatic rings. The van der Waals surface area contributed by atoms with E-state index in [1.807, 2.05) is 42.2 Å². The van der Waals surface area contributed by atoms with Gasteiger partial charge in [-0.2, -0.15) is 5.10 Å². The van der Waals surface area contributed by atoms with Crippen LogP contribution in [0.15, 0.2) is 36.8 Å². The molecule has 6 nitrogen and oxygen atoms in total. The quantitative estimate of drug-likeness (QED) is 0.772. The number of likely N-dealkylation sites (tertiary alicyclic amines) is 1. The fourth-order valence-electron chi connectivity index (χ4n) is 3.21. The van der Waals surface area contributed by atoms with Gasteiger partial charge in [-0.05, 0) is 25.1 Å². The van der Waals surface area contributed by atoms with E-state index in [0.717, 1.165) is 35.9 Å². The lowest BCUT2D eigenvalue weighted by atomic mass is 10.2. The van der Waals surface area contributed by atoms with E-state index in [0.29, 0.717) is 6.04 Å². The molecule has 2 atom stereocenters. The lowest BCUT2D eigenvalue weighted by Gasteiger charge is -2.19. The highest BCUT2D eigenvalue weighted by atomic mass is 32.1. The number of anilines is 1. The van der Waals surface area contributed by atoms with Crippen molar-refractivity contribution in [2.75, 3.05) is 18.9 Å². The van der Waals surface area contributed by atoms with Crippen molar-refractivity contribution in [2.45, 2.75) is 32.0 Å². The summed E-state index contributed by atoms with van der Waals surface area (Å²) in [7, 11) is 1.90. The van der Waals surface area contributed by atoms with Gasteiger partial charge < -0.3 is 10.1 Å². The van der Waals surface area contributed by atoms with E-state index in [2.05, 4.69) is 27.2 Å². The van der Waals surface area contributed by atoms with Crippen LogP contribution >= 0.6 is 11.3 Å². The summed E-state index contributed by atoms with van der Waals surface area (Å²) in [4.78, 5) is 8.10. The second kappa shape index (κ2) is 6.41. The maximum absolute atomic E-state index is 6.19. The zero-order valence-corrected chi connectivity index (χ0v) is 14.7. The van der Waals surface area contributed by atoms with E-state index < -0.39 is 0 Å². The molecule has 7 heteroatoms. The average Bonchev–Trinajstić information content (AvgIpc) is 3.28. The summed E-state index contributed by atoms with van der Waals surface area (Å²) in [5.74, 6) is 0.875. The molecule has 2 unspecified atom stereocenters. The second-order valence-corrected chi connectivity index (χ2v) is 7.32. The average molecular weight is 343 g/mol. The van der Waals surface area contributed by atoms with Crippen LogP contribution in [0.5, 0.6) is 5.75 Å². The van der Waals surface area contributed by atoms with Gasteiger partial charge in [0, 0.05) is 49.9 Å². The number of hydrogen-bond donors (Lipinski definition) is 1. The molecule has 0 radical (unpaired) electrons. The Morgan fingerprint density at radius 2 is 2.29 bits per heavy atom. The lowest BCUT2D eigenvalue weighted by Crippen LogP contribution is -2.27. The first-order valence-corrected chi connectivity index (χ1v) is 8.99. The standard InChI is InChI=1S/C17H21N5OS/c1-12-7-15(9-21(12)11-16-8-19-17(18-2)24-16)23-14-4-3-13-5-6-20-22(13)10-14/h3-6,8,10,12,15H,7,9,11H2,1-2H3,(H,18,19). The van der Waals surface area contributed by atoms with Crippen LogP contribution in [0, 0.1) is 0 Å². The maximum Gasteiger partial charge on any atom is 0.182 e. The van der Waals surface area contributed by atoms with Gasteiger partial charge in [0.25, 0.3) is 0 Å². The van der Waals surface area contributed by atoms with E-state index in [1.165, 1.54) is 4.88 Å². The van der Waals surface area contributed by atoms with Crippen LogP contribution in [0.25, 0.3) is 5.52 Å². The van der Waals surface area contributed by atoms with Crippen molar-refractivity contribution in [3.05, 3.63) is 41.7 Å². The number of thiazole rings is 1. The van der Waals surface area contributed by atoms with Crippen LogP contribution in [0.4, 0.5) is 5.13 Å².